The van der Waals surface area contributed by atoms with Gasteiger partial charge in [-0.2, -0.15) is 0 Å². The van der Waals surface area contributed by atoms with Crippen LogP contribution in [0.3, 0.4) is 0 Å². The van der Waals surface area contributed by atoms with E-state index in [1.165, 1.54) is 25.7 Å². The third kappa shape index (κ3) is 3.11. The quantitative estimate of drug-likeness (QED) is 0.682. The van der Waals surface area contributed by atoms with Gasteiger partial charge >= 0.3 is 0 Å². The second kappa shape index (κ2) is 5.55. The first-order valence-electron chi connectivity index (χ1n) is 5.21. The summed E-state index contributed by atoms with van der Waals surface area (Å²) in [6, 6.07) is 0.689. The van der Waals surface area contributed by atoms with E-state index >= 15 is 0 Å². The molecule has 1 fully saturated rings. The van der Waals surface area contributed by atoms with E-state index in [1.54, 1.807) is 0 Å². The molecular formula is C10H21NO. The highest BCUT2D eigenvalue weighted by atomic mass is 16.5. The number of nitrogens with one attached hydrogen (secondary N) is 1. The molecule has 1 rings (SSSR count). The van der Waals surface area contributed by atoms with E-state index in [9.17, 15) is 0 Å². The smallest absolute Gasteiger partial charge is 0.0700 e. The molecule has 1 atom stereocenters. The molecule has 1 aliphatic heterocycles. The average molecular weight is 171 g/mol. The van der Waals surface area contributed by atoms with Gasteiger partial charge in [-0.1, -0.05) is 13.8 Å². The Labute approximate surface area is 75.7 Å². The SMILES string of the molecule is CCC(CC)NC[C@H]1CCCO1. The van der Waals surface area contributed by atoms with E-state index in [0.29, 0.717) is 12.1 Å². The number of rotatable bonds is 5. The molecule has 0 aromatic rings. The van der Waals surface area contributed by atoms with Crippen molar-refractivity contribution < 1.29 is 4.74 Å². The summed E-state index contributed by atoms with van der Waals surface area (Å²) >= 11 is 0. The highest BCUT2D eigenvalue weighted by Gasteiger charge is 2.15. The Balaban J connectivity index is 2.06. The minimum absolute atomic E-state index is 0.491. The molecular weight excluding hydrogens is 150 g/mol. The summed E-state index contributed by atoms with van der Waals surface area (Å²) in [7, 11) is 0. The molecule has 0 aromatic heterocycles. The van der Waals surface area contributed by atoms with Gasteiger partial charge in [0.15, 0.2) is 0 Å². The van der Waals surface area contributed by atoms with Crippen LogP contribution in [0.15, 0.2) is 0 Å². The van der Waals surface area contributed by atoms with Crippen LogP contribution >= 0.6 is 0 Å². The topological polar surface area (TPSA) is 21.3 Å². The minimum atomic E-state index is 0.491. The molecule has 0 unspecified atom stereocenters. The predicted molar refractivity (Wildman–Crippen MR) is 51.3 cm³/mol. The largest absolute Gasteiger partial charge is 0.377 e. The molecule has 1 heterocycles. The van der Waals surface area contributed by atoms with Crippen LogP contribution in [-0.4, -0.2) is 25.3 Å². The molecule has 1 saturated heterocycles. The summed E-state index contributed by atoms with van der Waals surface area (Å²) < 4.78 is 5.53. The van der Waals surface area contributed by atoms with Crippen LogP contribution in [0.4, 0.5) is 0 Å². The molecule has 0 saturated carbocycles. The normalized spacial score (nSPS) is 23.8. The lowest BCUT2D eigenvalue weighted by Gasteiger charge is -2.17. The Kier molecular flexibility index (Phi) is 4.62. The molecule has 1 N–H and O–H groups in total. The van der Waals surface area contributed by atoms with Crippen molar-refractivity contribution >= 4 is 0 Å². The third-order valence-electron chi connectivity index (χ3n) is 2.64. The van der Waals surface area contributed by atoms with Gasteiger partial charge < -0.3 is 10.1 Å². The van der Waals surface area contributed by atoms with Crippen molar-refractivity contribution in [2.45, 2.75) is 51.7 Å². The van der Waals surface area contributed by atoms with Gasteiger partial charge in [0.2, 0.25) is 0 Å². The van der Waals surface area contributed by atoms with Crippen molar-refractivity contribution in [3.63, 3.8) is 0 Å². The van der Waals surface area contributed by atoms with Gasteiger partial charge in [-0.05, 0) is 25.7 Å². The van der Waals surface area contributed by atoms with Crippen LogP contribution in [0.5, 0.6) is 0 Å². The summed E-state index contributed by atoms with van der Waals surface area (Å²) in [5, 5.41) is 3.54. The average Bonchev–Trinajstić information content (AvgIpc) is 2.59. The van der Waals surface area contributed by atoms with E-state index in [-0.39, 0.29) is 0 Å². The van der Waals surface area contributed by atoms with E-state index in [1.807, 2.05) is 0 Å². The maximum Gasteiger partial charge on any atom is 0.0700 e. The maximum absolute atomic E-state index is 5.53. The van der Waals surface area contributed by atoms with Crippen molar-refractivity contribution in [3.05, 3.63) is 0 Å². The molecule has 0 aromatic carbocycles. The molecule has 2 heteroatoms. The van der Waals surface area contributed by atoms with Gasteiger partial charge in [0.05, 0.1) is 6.10 Å². The monoisotopic (exact) mass is 171 g/mol. The zero-order valence-electron chi connectivity index (χ0n) is 8.31. The summed E-state index contributed by atoms with van der Waals surface area (Å²) in [6.45, 7) is 6.48. The first-order chi connectivity index (χ1) is 5.86. The van der Waals surface area contributed by atoms with Crippen LogP contribution in [0, 0.1) is 0 Å². The molecule has 1 aliphatic rings. The van der Waals surface area contributed by atoms with Crippen LogP contribution in [0.1, 0.15) is 39.5 Å². The predicted octanol–water partition coefficient (Wildman–Crippen LogP) is 1.94. The molecule has 0 aliphatic carbocycles. The molecule has 0 radical (unpaired) electrons. The summed E-state index contributed by atoms with van der Waals surface area (Å²) in [6.07, 6.45) is 5.43. The van der Waals surface area contributed by atoms with Crippen LogP contribution in [0.25, 0.3) is 0 Å². The van der Waals surface area contributed by atoms with Gasteiger partial charge in [0.25, 0.3) is 0 Å². The highest BCUT2D eigenvalue weighted by Crippen LogP contribution is 2.11. The van der Waals surface area contributed by atoms with E-state index in [4.69, 9.17) is 4.74 Å². The number of hydrogen-bond donors (Lipinski definition) is 1. The number of hydrogen-bond acceptors (Lipinski definition) is 2. The molecule has 0 spiro atoms. The van der Waals surface area contributed by atoms with Gasteiger partial charge in [-0.3, -0.25) is 0 Å². The van der Waals surface area contributed by atoms with E-state index in [0.717, 1.165) is 13.2 Å². The van der Waals surface area contributed by atoms with Crippen LogP contribution in [0.2, 0.25) is 0 Å². The first kappa shape index (κ1) is 10.0. The molecule has 2 nitrogen and oxygen atoms in total. The lowest BCUT2D eigenvalue weighted by molar-refractivity contribution is 0.107. The zero-order valence-corrected chi connectivity index (χ0v) is 8.31. The van der Waals surface area contributed by atoms with Crippen molar-refractivity contribution in [1.82, 2.24) is 5.32 Å². The standard InChI is InChI=1S/C10H21NO/c1-3-9(4-2)11-8-10-6-5-7-12-10/h9-11H,3-8H2,1-2H3/t10-/m1/s1. The van der Waals surface area contributed by atoms with Crippen molar-refractivity contribution in [2.75, 3.05) is 13.2 Å². The lowest BCUT2D eigenvalue weighted by Crippen LogP contribution is -2.34. The van der Waals surface area contributed by atoms with Crippen LogP contribution < -0.4 is 5.32 Å². The van der Waals surface area contributed by atoms with Gasteiger partial charge in [0.1, 0.15) is 0 Å². The maximum atomic E-state index is 5.53. The van der Waals surface area contributed by atoms with Gasteiger partial charge in [0, 0.05) is 19.2 Å². The summed E-state index contributed by atoms with van der Waals surface area (Å²) in [5.74, 6) is 0. The fourth-order valence-electron chi connectivity index (χ4n) is 1.68. The molecule has 0 bridgehead atoms. The van der Waals surface area contributed by atoms with Crippen LogP contribution in [-0.2, 0) is 4.74 Å². The third-order valence-corrected chi connectivity index (χ3v) is 2.64. The highest BCUT2D eigenvalue weighted by molar-refractivity contribution is 4.71. The lowest BCUT2D eigenvalue weighted by atomic mass is 10.1. The fourth-order valence-corrected chi connectivity index (χ4v) is 1.68. The minimum Gasteiger partial charge on any atom is -0.377 e. The fraction of sp³-hybridized carbons (Fsp3) is 1.00. The Morgan fingerprint density at radius 1 is 1.42 bits per heavy atom. The van der Waals surface area contributed by atoms with E-state index < -0.39 is 0 Å². The Morgan fingerprint density at radius 2 is 2.17 bits per heavy atom. The first-order valence-corrected chi connectivity index (χ1v) is 5.21. The van der Waals surface area contributed by atoms with E-state index in [2.05, 4.69) is 19.2 Å². The Morgan fingerprint density at radius 3 is 2.67 bits per heavy atom. The van der Waals surface area contributed by atoms with Crippen molar-refractivity contribution in [1.29, 1.82) is 0 Å². The molecule has 72 valence electrons. The zero-order chi connectivity index (χ0) is 8.81. The number of ether oxygens (including phenoxy) is 1. The summed E-state index contributed by atoms with van der Waals surface area (Å²) in [5.41, 5.74) is 0. The second-order valence-corrected chi connectivity index (χ2v) is 3.56. The Hall–Kier alpha value is -0.0800. The Bertz CT molecular complexity index is 104. The van der Waals surface area contributed by atoms with Crippen molar-refractivity contribution in [2.24, 2.45) is 0 Å². The van der Waals surface area contributed by atoms with Crippen molar-refractivity contribution in [3.8, 4) is 0 Å². The summed E-state index contributed by atoms with van der Waals surface area (Å²) in [4.78, 5) is 0. The van der Waals surface area contributed by atoms with Gasteiger partial charge in [-0.15, -0.1) is 0 Å². The second-order valence-electron chi connectivity index (χ2n) is 3.56. The molecule has 12 heavy (non-hydrogen) atoms. The molecule has 0 amide bonds. The van der Waals surface area contributed by atoms with Gasteiger partial charge in [-0.25, -0.2) is 0 Å².